The average molecular weight is 241 g/mol. The number of aliphatic hydroxyl groups is 1. The fraction of sp³-hybridized carbons (Fsp3) is 0.923. The smallest absolute Gasteiger partial charge is 0.407 e. The number of hydrogen-bond donors (Lipinski definition) is 2. The van der Waals surface area contributed by atoms with Gasteiger partial charge in [0.05, 0.1) is 12.1 Å². The lowest BCUT2D eigenvalue weighted by atomic mass is 9.62. The summed E-state index contributed by atoms with van der Waals surface area (Å²) in [6.07, 6.45) is 2.85. The van der Waals surface area contributed by atoms with E-state index in [9.17, 15) is 15.0 Å². The van der Waals surface area contributed by atoms with Gasteiger partial charge in [0.15, 0.2) is 0 Å². The number of carboxylic acid groups (broad SMARTS) is 1. The highest BCUT2D eigenvalue weighted by Gasteiger charge is 2.68. The Morgan fingerprint density at radius 3 is 2.24 bits per heavy atom. The second-order valence-corrected chi connectivity index (χ2v) is 6.59. The summed E-state index contributed by atoms with van der Waals surface area (Å²) in [6.45, 7) is 7.01. The van der Waals surface area contributed by atoms with Crippen molar-refractivity contribution in [3.8, 4) is 0 Å². The summed E-state index contributed by atoms with van der Waals surface area (Å²) in [5.41, 5.74) is -0.720. The Morgan fingerprint density at radius 1 is 1.29 bits per heavy atom. The highest BCUT2D eigenvalue weighted by molar-refractivity contribution is 5.67. The number of aliphatic hydroxyl groups excluding tert-OH is 1. The molecule has 2 rings (SSSR count). The molecule has 2 N–H and O–H groups in total. The summed E-state index contributed by atoms with van der Waals surface area (Å²) < 4.78 is 0. The van der Waals surface area contributed by atoms with E-state index in [0.717, 1.165) is 25.7 Å². The number of rotatable bonds is 2. The van der Waals surface area contributed by atoms with Crippen LogP contribution in [0.15, 0.2) is 0 Å². The summed E-state index contributed by atoms with van der Waals surface area (Å²) in [5, 5.41) is 19.2. The number of nitrogens with zero attached hydrogens (tertiary/aromatic N) is 1. The molecule has 1 atom stereocenters. The summed E-state index contributed by atoms with van der Waals surface area (Å²) in [4.78, 5) is 13.1. The molecule has 0 unspecified atom stereocenters. The second kappa shape index (κ2) is 3.61. The number of amides is 1. The van der Waals surface area contributed by atoms with Crippen molar-refractivity contribution in [2.45, 2.75) is 52.0 Å². The molecule has 0 spiro atoms. The SMILES string of the molecule is CC(C)(C)[C@]1(C2(CO)CC2)CCCN1C(=O)O. The lowest BCUT2D eigenvalue weighted by Gasteiger charge is -2.52. The van der Waals surface area contributed by atoms with Gasteiger partial charge in [0.25, 0.3) is 0 Å². The van der Waals surface area contributed by atoms with Crippen LogP contribution in [0.5, 0.6) is 0 Å². The maximum Gasteiger partial charge on any atom is 0.407 e. The van der Waals surface area contributed by atoms with Crippen LogP contribution in [-0.4, -0.2) is 39.9 Å². The Balaban J connectivity index is 2.48. The molecular formula is C13H23NO3. The van der Waals surface area contributed by atoms with Crippen LogP contribution in [0.1, 0.15) is 46.5 Å². The summed E-state index contributed by atoms with van der Waals surface area (Å²) >= 11 is 0. The van der Waals surface area contributed by atoms with Gasteiger partial charge in [0.2, 0.25) is 0 Å². The average Bonchev–Trinajstić information content (AvgIpc) is 2.87. The van der Waals surface area contributed by atoms with Crippen molar-refractivity contribution in [1.82, 2.24) is 4.90 Å². The van der Waals surface area contributed by atoms with Crippen molar-refractivity contribution in [3.63, 3.8) is 0 Å². The molecule has 1 aliphatic carbocycles. The molecule has 17 heavy (non-hydrogen) atoms. The normalized spacial score (nSPS) is 31.6. The predicted octanol–water partition coefficient (Wildman–Crippen LogP) is 2.32. The van der Waals surface area contributed by atoms with E-state index in [2.05, 4.69) is 20.8 Å². The monoisotopic (exact) mass is 241 g/mol. The van der Waals surface area contributed by atoms with Crippen LogP contribution in [0, 0.1) is 10.8 Å². The van der Waals surface area contributed by atoms with Gasteiger partial charge >= 0.3 is 6.09 Å². The first-order valence-corrected chi connectivity index (χ1v) is 6.42. The van der Waals surface area contributed by atoms with E-state index in [1.165, 1.54) is 0 Å². The maximum absolute atomic E-state index is 11.5. The molecule has 2 aliphatic rings. The van der Waals surface area contributed by atoms with Crippen LogP contribution < -0.4 is 0 Å². The van der Waals surface area contributed by atoms with Gasteiger partial charge in [0.1, 0.15) is 0 Å². The van der Waals surface area contributed by atoms with Gasteiger partial charge in [-0.1, -0.05) is 20.8 Å². The molecule has 0 bridgehead atoms. The zero-order valence-electron chi connectivity index (χ0n) is 11.0. The Kier molecular flexibility index (Phi) is 2.69. The molecule has 1 aliphatic heterocycles. The first-order chi connectivity index (χ1) is 7.81. The molecule has 1 heterocycles. The third kappa shape index (κ3) is 1.49. The molecule has 98 valence electrons. The van der Waals surface area contributed by atoms with E-state index >= 15 is 0 Å². The van der Waals surface area contributed by atoms with Crippen molar-refractivity contribution in [1.29, 1.82) is 0 Å². The first-order valence-electron chi connectivity index (χ1n) is 6.42. The van der Waals surface area contributed by atoms with E-state index in [1.54, 1.807) is 4.90 Å². The third-order valence-electron chi connectivity index (χ3n) is 4.89. The predicted molar refractivity (Wildman–Crippen MR) is 64.9 cm³/mol. The Labute approximate surface area is 103 Å². The molecule has 1 amide bonds. The van der Waals surface area contributed by atoms with E-state index in [-0.39, 0.29) is 23.0 Å². The number of carbonyl (C=O) groups is 1. The Hall–Kier alpha value is -0.770. The highest BCUT2D eigenvalue weighted by Crippen LogP contribution is 2.65. The van der Waals surface area contributed by atoms with Gasteiger partial charge in [0, 0.05) is 12.0 Å². The van der Waals surface area contributed by atoms with E-state index in [1.807, 2.05) is 0 Å². The molecule has 0 aromatic rings. The lowest BCUT2D eigenvalue weighted by molar-refractivity contribution is -0.0469. The molecule has 1 saturated carbocycles. The van der Waals surface area contributed by atoms with Crippen molar-refractivity contribution in [2.24, 2.45) is 10.8 Å². The van der Waals surface area contributed by atoms with E-state index in [0.29, 0.717) is 6.54 Å². The zero-order chi connectivity index (χ0) is 12.9. The minimum absolute atomic E-state index is 0.105. The number of hydrogen-bond acceptors (Lipinski definition) is 2. The van der Waals surface area contributed by atoms with Crippen molar-refractivity contribution < 1.29 is 15.0 Å². The van der Waals surface area contributed by atoms with Gasteiger partial charge in [-0.05, 0) is 31.1 Å². The van der Waals surface area contributed by atoms with Crippen molar-refractivity contribution in [2.75, 3.05) is 13.2 Å². The van der Waals surface area contributed by atoms with Crippen LogP contribution >= 0.6 is 0 Å². The molecule has 4 heteroatoms. The molecule has 2 fully saturated rings. The van der Waals surface area contributed by atoms with Gasteiger partial charge in [-0.15, -0.1) is 0 Å². The van der Waals surface area contributed by atoms with Crippen LogP contribution in [0.3, 0.4) is 0 Å². The molecule has 0 aromatic heterocycles. The topological polar surface area (TPSA) is 60.8 Å². The zero-order valence-corrected chi connectivity index (χ0v) is 11.0. The fourth-order valence-electron chi connectivity index (χ4n) is 4.06. The van der Waals surface area contributed by atoms with Crippen LogP contribution in [0.2, 0.25) is 0 Å². The van der Waals surface area contributed by atoms with Gasteiger partial charge in [-0.2, -0.15) is 0 Å². The van der Waals surface area contributed by atoms with Crippen molar-refractivity contribution in [3.05, 3.63) is 0 Å². The summed E-state index contributed by atoms with van der Waals surface area (Å²) in [6, 6.07) is 0. The highest BCUT2D eigenvalue weighted by atomic mass is 16.4. The van der Waals surface area contributed by atoms with Gasteiger partial charge < -0.3 is 15.1 Å². The summed E-state index contributed by atoms with van der Waals surface area (Å²) in [7, 11) is 0. The van der Waals surface area contributed by atoms with Gasteiger partial charge in [-0.3, -0.25) is 0 Å². The van der Waals surface area contributed by atoms with E-state index < -0.39 is 6.09 Å². The minimum atomic E-state index is -0.836. The lowest BCUT2D eigenvalue weighted by Crippen LogP contribution is -2.62. The molecule has 1 saturated heterocycles. The van der Waals surface area contributed by atoms with Crippen LogP contribution in [0.4, 0.5) is 4.79 Å². The molecular weight excluding hydrogens is 218 g/mol. The van der Waals surface area contributed by atoms with Crippen LogP contribution in [-0.2, 0) is 0 Å². The Morgan fingerprint density at radius 2 is 1.88 bits per heavy atom. The largest absolute Gasteiger partial charge is 0.465 e. The quantitative estimate of drug-likeness (QED) is 0.780. The Bertz CT molecular complexity index is 330. The van der Waals surface area contributed by atoms with E-state index in [4.69, 9.17) is 0 Å². The maximum atomic E-state index is 11.5. The fourth-order valence-corrected chi connectivity index (χ4v) is 4.06. The number of likely N-dealkylation sites (tertiary alicyclic amines) is 1. The first kappa shape index (κ1) is 12.7. The summed E-state index contributed by atoms with van der Waals surface area (Å²) in [5.74, 6) is 0. The minimum Gasteiger partial charge on any atom is -0.465 e. The second-order valence-electron chi connectivity index (χ2n) is 6.59. The van der Waals surface area contributed by atoms with Crippen molar-refractivity contribution >= 4 is 6.09 Å². The standard InChI is InChI=1S/C13H23NO3/c1-11(2,3)13(12(9-15)6-7-12)5-4-8-14(13)10(16)17/h15H,4-9H2,1-3H3,(H,16,17)/t13-/m0/s1. The molecule has 0 aromatic carbocycles. The van der Waals surface area contributed by atoms with Crippen LogP contribution in [0.25, 0.3) is 0 Å². The molecule has 4 nitrogen and oxygen atoms in total. The van der Waals surface area contributed by atoms with Gasteiger partial charge in [-0.25, -0.2) is 4.79 Å². The molecule has 0 radical (unpaired) electrons. The third-order valence-corrected chi connectivity index (χ3v) is 4.89.